The summed E-state index contributed by atoms with van der Waals surface area (Å²) >= 11 is 0. The number of hydrogen-bond acceptors (Lipinski definition) is 3. The minimum Gasteiger partial charge on any atom is -0.481 e. The molecule has 2 unspecified atom stereocenters. The van der Waals surface area contributed by atoms with E-state index in [-0.39, 0.29) is 11.8 Å². The van der Waals surface area contributed by atoms with Gasteiger partial charge in [-0.1, -0.05) is 13.8 Å². The van der Waals surface area contributed by atoms with Gasteiger partial charge in [0.2, 0.25) is 0 Å². The highest BCUT2D eigenvalue weighted by molar-refractivity contribution is 5.66. The molecule has 0 aromatic carbocycles. The zero-order valence-electron chi connectivity index (χ0n) is 10.5. The van der Waals surface area contributed by atoms with Crippen molar-refractivity contribution in [1.29, 1.82) is 0 Å². The van der Waals surface area contributed by atoms with Gasteiger partial charge in [-0.05, 0) is 26.3 Å². The number of nitrogens with one attached hydrogen (secondary N) is 1. The Balaban J connectivity index is 2.18. The molecule has 2 atom stereocenters. The van der Waals surface area contributed by atoms with E-state index in [0.717, 1.165) is 19.6 Å². The van der Waals surface area contributed by atoms with Crippen LogP contribution < -0.4 is 5.32 Å². The summed E-state index contributed by atoms with van der Waals surface area (Å²) in [6, 6.07) is 0.456. The van der Waals surface area contributed by atoms with Gasteiger partial charge in [0, 0.05) is 24.5 Å². The minimum atomic E-state index is -0.720. The summed E-state index contributed by atoms with van der Waals surface area (Å²) in [7, 11) is 0. The van der Waals surface area contributed by atoms with Crippen molar-refractivity contribution >= 4 is 5.97 Å². The molecule has 4 heteroatoms. The summed E-state index contributed by atoms with van der Waals surface area (Å²) in [6.45, 7) is 7.96. The molecule has 0 radical (unpaired) electrons. The Kier molecular flexibility index (Phi) is 4.74. The molecule has 0 heterocycles. The largest absolute Gasteiger partial charge is 0.481 e. The van der Waals surface area contributed by atoms with Gasteiger partial charge < -0.3 is 15.2 Å². The van der Waals surface area contributed by atoms with Crippen LogP contribution >= 0.6 is 0 Å². The normalized spacial score (nSPS) is 27.4. The second-order valence-electron chi connectivity index (χ2n) is 5.01. The highest BCUT2D eigenvalue weighted by Gasteiger charge is 2.48. The molecule has 0 saturated heterocycles. The van der Waals surface area contributed by atoms with E-state index in [4.69, 9.17) is 9.84 Å². The van der Waals surface area contributed by atoms with Crippen LogP contribution in [0, 0.1) is 5.41 Å². The molecular weight excluding hydrogens is 206 g/mol. The van der Waals surface area contributed by atoms with Gasteiger partial charge in [0.05, 0.1) is 6.10 Å². The van der Waals surface area contributed by atoms with Crippen molar-refractivity contribution < 1.29 is 14.6 Å². The van der Waals surface area contributed by atoms with Crippen molar-refractivity contribution in [2.45, 2.75) is 52.2 Å². The van der Waals surface area contributed by atoms with Gasteiger partial charge in [-0.25, -0.2) is 0 Å². The van der Waals surface area contributed by atoms with Gasteiger partial charge in [-0.15, -0.1) is 0 Å². The molecule has 1 aliphatic rings. The molecule has 16 heavy (non-hydrogen) atoms. The lowest BCUT2D eigenvalue weighted by atomic mass is 9.64. The number of carbonyl (C=O) groups is 1. The monoisotopic (exact) mass is 229 g/mol. The summed E-state index contributed by atoms with van der Waals surface area (Å²) < 4.78 is 5.63. The van der Waals surface area contributed by atoms with Crippen molar-refractivity contribution in [1.82, 2.24) is 5.32 Å². The lowest BCUT2D eigenvalue weighted by Crippen LogP contribution is -2.61. The third kappa shape index (κ3) is 3.19. The van der Waals surface area contributed by atoms with Crippen LogP contribution in [0.15, 0.2) is 0 Å². The second kappa shape index (κ2) is 5.64. The molecule has 1 saturated carbocycles. The fourth-order valence-corrected chi connectivity index (χ4v) is 2.23. The Bertz CT molecular complexity index is 240. The van der Waals surface area contributed by atoms with E-state index in [0.29, 0.717) is 18.6 Å². The summed E-state index contributed by atoms with van der Waals surface area (Å²) in [5, 5.41) is 11.9. The van der Waals surface area contributed by atoms with Gasteiger partial charge in [0.15, 0.2) is 0 Å². The zero-order chi connectivity index (χ0) is 12.2. The maximum absolute atomic E-state index is 10.3. The molecule has 1 aliphatic carbocycles. The summed E-state index contributed by atoms with van der Waals surface area (Å²) in [6.07, 6.45) is 2.32. The predicted octanol–water partition coefficient (Wildman–Crippen LogP) is 1.64. The number of ether oxygens (including phenoxy) is 1. The van der Waals surface area contributed by atoms with Gasteiger partial charge in [-0.2, -0.15) is 0 Å². The first-order valence-electron chi connectivity index (χ1n) is 6.05. The SMILES string of the molecule is CCOC1CC(NCCCC(=O)O)C1(C)C. The smallest absolute Gasteiger partial charge is 0.303 e. The number of aliphatic carboxylic acids is 1. The van der Waals surface area contributed by atoms with Crippen LogP contribution in [0.3, 0.4) is 0 Å². The highest BCUT2D eigenvalue weighted by atomic mass is 16.5. The van der Waals surface area contributed by atoms with Crippen LogP contribution in [0.5, 0.6) is 0 Å². The van der Waals surface area contributed by atoms with Gasteiger partial charge in [-0.3, -0.25) is 4.79 Å². The Morgan fingerprint density at radius 3 is 2.75 bits per heavy atom. The summed E-state index contributed by atoms with van der Waals surface area (Å²) in [5.74, 6) is -0.720. The molecular formula is C12H23NO3. The van der Waals surface area contributed by atoms with Crippen LogP contribution in [0.2, 0.25) is 0 Å². The topological polar surface area (TPSA) is 58.6 Å². The van der Waals surface area contributed by atoms with Crippen molar-refractivity contribution in [3.8, 4) is 0 Å². The third-order valence-electron chi connectivity index (χ3n) is 3.50. The Morgan fingerprint density at radius 2 is 2.25 bits per heavy atom. The lowest BCUT2D eigenvalue weighted by Gasteiger charge is -2.52. The molecule has 0 aliphatic heterocycles. The maximum Gasteiger partial charge on any atom is 0.303 e. The third-order valence-corrected chi connectivity index (χ3v) is 3.50. The number of rotatable bonds is 7. The van der Waals surface area contributed by atoms with Gasteiger partial charge in [0.25, 0.3) is 0 Å². The fraction of sp³-hybridized carbons (Fsp3) is 0.917. The van der Waals surface area contributed by atoms with E-state index in [1.807, 2.05) is 6.92 Å². The molecule has 0 bridgehead atoms. The number of hydrogen-bond donors (Lipinski definition) is 2. The van der Waals surface area contributed by atoms with Crippen molar-refractivity contribution in [3.63, 3.8) is 0 Å². The van der Waals surface area contributed by atoms with E-state index in [9.17, 15) is 4.79 Å². The van der Waals surface area contributed by atoms with Crippen LogP contribution in [-0.4, -0.2) is 36.4 Å². The Labute approximate surface area is 97.4 Å². The first-order valence-corrected chi connectivity index (χ1v) is 6.05. The van der Waals surface area contributed by atoms with Gasteiger partial charge in [0.1, 0.15) is 0 Å². The standard InChI is InChI=1S/C12H23NO3/c1-4-16-10-8-9(12(10,2)3)13-7-5-6-11(14)15/h9-10,13H,4-8H2,1-3H3,(H,14,15). The fourth-order valence-electron chi connectivity index (χ4n) is 2.23. The summed E-state index contributed by atoms with van der Waals surface area (Å²) in [5.41, 5.74) is 0.166. The number of carboxylic acids is 1. The van der Waals surface area contributed by atoms with E-state index < -0.39 is 5.97 Å². The van der Waals surface area contributed by atoms with E-state index >= 15 is 0 Å². The summed E-state index contributed by atoms with van der Waals surface area (Å²) in [4.78, 5) is 10.3. The van der Waals surface area contributed by atoms with E-state index in [2.05, 4.69) is 19.2 Å². The molecule has 94 valence electrons. The molecule has 4 nitrogen and oxygen atoms in total. The highest BCUT2D eigenvalue weighted by Crippen LogP contribution is 2.42. The van der Waals surface area contributed by atoms with Gasteiger partial charge >= 0.3 is 5.97 Å². The van der Waals surface area contributed by atoms with Crippen LogP contribution in [0.4, 0.5) is 0 Å². The van der Waals surface area contributed by atoms with Crippen LogP contribution in [-0.2, 0) is 9.53 Å². The van der Waals surface area contributed by atoms with Crippen molar-refractivity contribution in [2.24, 2.45) is 5.41 Å². The number of carboxylic acid groups (broad SMARTS) is 1. The quantitative estimate of drug-likeness (QED) is 0.652. The van der Waals surface area contributed by atoms with E-state index in [1.165, 1.54) is 0 Å². The van der Waals surface area contributed by atoms with Crippen LogP contribution in [0.25, 0.3) is 0 Å². The van der Waals surface area contributed by atoms with Crippen molar-refractivity contribution in [3.05, 3.63) is 0 Å². The molecule has 1 fully saturated rings. The zero-order valence-corrected chi connectivity index (χ0v) is 10.5. The molecule has 1 rings (SSSR count). The van der Waals surface area contributed by atoms with E-state index in [1.54, 1.807) is 0 Å². The first kappa shape index (κ1) is 13.5. The predicted molar refractivity (Wildman–Crippen MR) is 62.5 cm³/mol. The molecule has 0 spiro atoms. The average Bonchev–Trinajstić information content (AvgIpc) is 2.20. The second-order valence-corrected chi connectivity index (χ2v) is 5.01. The molecule has 2 N–H and O–H groups in total. The lowest BCUT2D eigenvalue weighted by molar-refractivity contribution is -0.137. The minimum absolute atomic E-state index is 0.166. The Hall–Kier alpha value is -0.610. The Morgan fingerprint density at radius 1 is 1.56 bits per heavy atom. The maximum atomic E-state index is 10.3. The van der Waals surface area contributed by atoms with Crippen molar-refractivity contribution in [2.75, 3.05) is 13.2 Å². The van der Waals surface area contributed by atoms with Crippen LogP contribution in [0.1, 0.15) is 40.0 Å². The first-order chi connectivity index (χ1) is 7.48. The molecule has 0 aromatic heterocycles. The molecule has 0 amide bonds. The molecule has 0 aromatic rings. The average molecular weight is 229 g/mol.